The molecule has 0 aromatic carbocycles. The highest BCUT2D eigenvalue weighted by atomic mass is 16.5. The van der Waals surface area contributed by atoms with Crippen LogP contribution in [0.3, 0.4) is 0 Å². The van der Waals surface area contributed by atoms with Gasteiger partial charge in [0.15, 0.2) is 0 Å². The van der Waals surface area contributed by atoms with Gasteiger partial charge in [-0.3, -0.25) is 9.59 Å². The number of hydrogen-bond acceptors (Lipinski definition) is 3. The summed E-state index contributed by atoms with van der Waals surface area (Å²) >= 11 is 0. The second kappa shape index (κ2) is 6.03. The van der Waals surface area contributed by atoms with Gasteiger partial charge in [0.1, 0.15) is 5.60 Å². The van der Waals surface area contributed by atoms with Gasteiger partial charge in [0.25, 0.3) is 6.47 Å². The van der Waals surface area contributed by atoms with E-state index in [1.807, 2.05) is 13.8 Å². The number of hydrogen-bond donors (Lipinski definition) is 1. The Bertz CT molecular complexity index is 268. The predicted octanol–water partition coefficient (Wildman–Crippen LogP) is 2.02. The van der Waals surface area contributed by atoms with Crippen LogP contribution in [0.15, 0.2) is 0 Å². The Hall–Kier alpha value is -1.06. The zero-order valence-corrected chi connectivity index (χ0v) is 11.0. The molecule has 1 rings (SSSR count). The third kappa shape index (κ3) is 5.20. The normalized spacial score (nSPS) is 25.1. The van der Waals surface area contributed by atoms with E-state index in [2.05, 4.69) is 5.32 Å². The van der Waals surface area contributed by atoms with Crippen LogP contribution >= 0.6 is 0 Å². The molecule has 0 aromatic heterocycles. The van der Waals surface area contributed by atoms with Crippen molar-refractivity contribution in [1.82, 2.24) is 5.32 Å². The van der Waals surface area contributed by atoms with Crippen LogP contribution in [0.25, 0.3) is 0 Å². The van der Waals surface area contributed by atoms with Gasteiger partial charge in [-0.05, 0) is 51.9 Å². The molecule has 1 aliphatic carbocycles. The Morgan fingerprint density at radius 1 is 1.35 bits per heavy atom. The van der Waals surface area contributed by atoms with Crippen LogP contribution in [0, 0.1) is 5.92 Å². The molecular formula is C13H23NO3. The van der Waals surface area contributed by atoms with Gasteiger partial charge in [-0.25, -0.2) is 0 Å². The van der Waals surface area contributed by atoms with Crippen molar-refractivity contribution in [1.29, 1.82) is 0 Å². The fourth-order valence-corrected chi connectivity index (χ4v) is 2.67. The standard InChI is InChI=1S/C13H23NO3/c1-10(16)14-12-6-4-11(5-7-12)8-13(2,3)17-9-15/h9,11-12H,4-8H2,1-3H3,(H,14,16). The van der Waals surface area contributed by atoms with E-state index in [4.69, 9.17) is 4.74 Å². The second-order valence-corrected chi connectivity index (χ2v) is 5.60. The van der Waals surface area contributed by atoms with E-state index in [-0.39, 0.29) is 11.5 Å². The monoisotopic (exact) mass is 241 g/mol. The summed E-state index contributed by atoms with van der Waals surface area (Å²) in [7, 11) is 0. The summed E-state index contributed by atoms with van der Waals surface area (Å²) in [4.78, 5) is 21.3. The Morgan fingerprint density at radius 2 is 1.94 bits per heavy atom. The van der Waals surface area contributed by atoms with E-state index >= 15 is 0 Å². The minimum atomic E-state index is -0.368. The van der Waals surface area contributed by atoms with Gasteiger partial charge in [-0.15, -0.1) is 0 Å². The van der Waals surface area contributed by atoms with Crippen LogP contribution in [-0.2, 0) is 14.3 Å². The molecule has 98 valence electrons. The highest BCUT2D eigenvalue weighted by molar-refractivity contribution is 5.73. The van der Waals surface area contributed by atoms with Crippen LogP contribution in [0.1, 0.15) is 52.9 Å². The van der Waals surface area contributed by atoms with Crippen molar-refractivity contribution in [3.63, 3.8) is 0 Å². The van der Waals surface area contributed by atoms with Gasteiger partial charge < -0.3 is 10.1 Å². The summed E-state index contributed by atoms with van der Waals surface area (Å²) in [6.45, 7) is 5.98. The molecule has 1 saturated carbocycles. The molecule has 17 heavy (non-hydrogen) atoms. The molecule has 0 saturated heterocycles. The Labute approximate surface area is 103 Å². The topological polar surface area (TPSA) is 55.4 Å². The van der Waals surface area contributed by atoms with Gasteiger partial charge in [-0.1, -0.05) is 0 Å². The molecule has 0 radical (unpaired) electrons. The van der Waals surface area contributed by atoms with Gasteiger partial charge in [0, 0.05) is 13.0 Å². The molecule has 0 unspecified atom stereocenters. The molecule has 1 aliphatic rings. The molecule has 0 heterocycles. The minimum absolute atomic E-state index is 0.0538. The quantitative estimate of drug-likeness (QED) is 0.749. The highest BCUT2D eigenvalue weighted by Crippen LogP contribution is 2.31. The van der Waals surface area contributed by atoms with Crippen molar-refractivity contribution < 1.29 is 14.3 Å². The largest absolute Gasteiger partial charge is 0.462 e. The van der Waals surface area contributed by atoms with Crippen molar-refractivity contribution in [2.24, 2.45) is 5.92 Å². The summed E-state index contributed by atoms with van der Waals surface area (Å²) in [5.41, 5.74) is -0.368. The molecule has 0 spiro atoms. The second-order valence-electron chi connectivity index (χ2n) is 5.60. The lowest BCUT2D eigenvalue weighted by molar-refractivity contribution is -0.142. The van der Waals surface area contributed by atoms with Crippen molar-refractivity contribution in [2.45, 2.75) is 64.5 Å². The van der Waals surface area contributed by atoms with Crippen LogP contribution in [0.5, 0.6) is 0 Å². The third-order valence-corrected chi connectivity index (χ3v) is 3.40. The van der Waals surface area contributed by atoms with Crippen molar-refractivity contribution in [3.05, 3.63) is 0 Å². The number of amides is 1. The lowest BCUT2D eigenvalue weighted by Crippen LogP contribution is -2.37. The first kappa shape index (κ1) is 14.0. The van der Waals surface area contributed by atoms with Crippen LogP contribution < -0.4 is 5.32 Å². The molecule has 0 aliphatic heterocycles. The molecule has 1 amide bonds. The average molecular weight is 241 g/mol. The highest BCUT2D eigenvalue weighted by Gasteiger charge is 2.28. The lowest BCUT2D eigenvalue weighted by atomic mass is 9.80. The first-order chi connectivity index (χ1) is 7.93. The summed E-state index contributed by atoms with van der Waals surface area (Å²) in [6, 6.07) is 0.332. The maximum atomic E-state index is 10.9. The average Bonchev–Trinajstić information content (AvgIpc) is 2.19. The number of ether oxygens (including phenoxy) is 1. The number of nitrogens with one attached hydrogen (secondary N) is 1. The number of carbonyl (C=O) groups excluding carboxylic acids is 2. The van der Waals surface area contributed by atoms with E-state index < -0.39 is 0 Å². The Morgan fingerprint density at radius 3 is 2.41 bits per heavy atom. The molecule has 0 bridgehead atoms. The third-order valence-electron chi connectivity index (χ3n) is 3.40. The smallest absolute Gasteiger partial charge is 0.293 e. The fraction of sp³-hybridized carbons (Fsp3) is 0.846. The zero-order chi connectivity index (χ0) is 12.9. The summed E-state index contributed by atoms with van der Waals surface area (Å²) in [5.74, 6) is 0.646. The molecule has 0 aromatic rings. The number of carbonyl (C=O) groups is 2. The van der Waals surface area contributed by atoms with Crippen LogP contribution in [-0.4, -0.2) is 24.0 Å². The number of rotatable bonds is 5. The van der Waals surface area contributed by atoms with Crippen molar-refractivity contribution >= 4 is 12.4 Å². The Balaban J connectivity index is 2.32. The zero-order valence-electron chi connectivity index (χ0n) is 11.0. The molecular weight excluding hydrogens is 218 g/mol. The maximum Gasteiger partial charge on any atom is 0.293 e. The van der Waals surface area contributed by atoms with E-state index in [0.717, 1.165) is 32.1 Å². The van der Waals surface area contributed by atoms with Crippen LogP contribution in [0.4, 0.5) is 0 Å². The molecule has 0 atom stereocenters. The van der Waals surface area contributed by atoms with Gasteiger partial charge >= 0.3 is 0 Å². The predicted molar refractivity (Wildman–Crippen MR) is 65.4 cm³/mol. The summed E-state index contributed by atoms with van der Waals surface area (Å²) in [6.07, 6.45) is 5.15. The molecule has 1 fully saturated rings. The fourth-order valence-electron chi connectivity index (χ4n) is 2.67. The first-order valence-electron chi connectivity index (χ1n) is 6.31. The van der Waals surface area contributed by atoms with E-state index in [9.17, 15) is 9.59 Å². The van der Waals surface area contributed by atoms with Crippen LogP contribution in [0.2, 0.25) is 0 Å². The lowest BCUT2D eigenvalue weighted by Gasteiger charge is -2.33. The van der Waals surface area contributed by atoms with Crippen molar-refractivity contribution in [2.75, 3.05) is 0 Å². The van der Waals surface area contributed by atoms with Gasteiger partial charge in [-0.2, -0.15) is 0 Å². The summed E-state index contributed by atoms with van der Waals surface area (Å²) < 4.78 is 5.07. The molecule has 4 heteroatoms. The summed E-state index contributed by atoms with van der Waals surface area (Å²) in [5, 5.41) is 2.96. The van der Waals surface area contributed by atoms with Gasteiger partial charge in [0.05, 0.1) is 0 Å². The van der Waals surface area contributed by atoms with Crippen molar-refractivity contribution in [3.8, 4) is 0 Å². The SMILES string of the molecule is CC(=O)NC1CCC(CC(C)(C)OC=O)CC1. The molecule has 4 nitrogen and oxygen atoms in total. The van der Waals surface area contributed by atoms with E-state index in [1.165, 1.54) is 0 Å². The first-order valence-corrected chi connectivity index (χ1v) is 6.31. The van der Waals surface area contributed by atoms with E-state index in [0.29, 0.717) is 18.4 Å². The minimum Gasteiger partial charge on any atom is -0.462 e. The van der Waals surface area contributed by atoms with Gasteiger partial charge in [0.2, 0.25) is 5.91 Å². The maximum absolute atomic E-state index is 10.9. The Kier molecular flexibility index (Phi) is 4.97. The van der Waals surface area contributed by atoms with E-state index in [1.54, 1.807) is 6.92 Å². The molecule has 1 N–H and O–H groups in total.